The first-order valence-corrected chi connectivity index (χ1v) is 7.23. The van der Waals surface area contributed by atoms with Gasteiger partial charge in [-0.1, -0.05) is 12.5 Å². The monoisotopic (exact) mass is 248 g/mol. The van der Waals surface area contributed by atoms with Gasteiger partial charge < -0.3 is 9.80 Å². The molecule has 2 nitrogen and oxygen atoms in total. The van der Waals surface area contributed by atoms with Crippen LogP contribution in [-0.4, -0.2) is 100 Å². The molecule has 0 aromatic rings. The van der Waals surface area contributed by atoms with Crippen molar-refractivity contribution in [2.75, 3.05) is 7.05 Å². The molecular weight excluding hydrogens is 232 g/mol. The van der Waals surface area contributed by atoms with Crippen molar-refractivity contribution in [3.05, 3.63) is 12.4 Å². The predicted octanol–water partition coefficient (Wildman–Crippen LogP) is -2.45. The van der Waals surface area contributed by atoms with Crippen molar-refractivity contribution in [3.63, 3.8) is 0 Å². The highest BCUT2D eigenvalue weighted by Crippen LogP contribution is 2.45. The first kappa shape index (κ1) is 16.4. The Balaban J connectivity index is 2.11. The normalized spacial score (nSPS) is 27.8. The molecule has 12 heteroatoms. The first-order chi connectivity index (χ1) is 9.27. The molecule has 0 bridgehead atoms. The van der Waals surface area contributed by atoms with E-state index in [2.05, 4.69) is 43.0 Å². The van der Waals surface area contributed by atoms with E-state index in [1.165, 1.54) is 0 Å². The van der Waals surface area contributed by atoms with Crippen LogP contribution in [0, 0.1) is 0 Å². The molecule has 0 N–H and O–H groups in total. The highest BCUT2D eigenvalue weighted by atomic mass is 15.4. The number of hydrogen-bond donors (Lipinski definition) is 0. The van der Waals surface area contributed by atoms with Crippen molar-refractivity contribution in [2.24, 2.45) is 0 Å². The third-order valence-corrected chi connectivity index (χ3v) is 5.02. The standard InChI is InChI=1S/C8H14B10N2/c1-6-19(3)4-5-20(6)8-7(14(8)2)15(16(9)10)18(13)17(11)12/h4-8H,1-3H3/t6-,7?,8?/m0/s1. The smallest absolute Gasteiger partial charge is 0.158 e. The second-order valence-corrected chi connectivity index (χ2v) is 6.28. The molecule has 10 radical (unpaired) electrons. The Bertz CT molecular complexity index is 378. The Morgan fingerprint density at radius 3 is 2.05 bits per heavy atom. The zero-order valence-electron chi connectivity index (χ0n) is 12.6. The summed E-state index contributed by atoms with van der Waals surface area (Å²) in [6.45, 7) is 4.80. The molecule has 3 atom stereocenters. The molecule has 2 aliphatic heterocycles. The van der Waals surface area contributed by atoms with Gasteiger partial charge in [0.1, 0.15) is 0 Å². The number of nitrogens with zero attached hydrogens (tertiary/aromatic N) is 2. The van der Waals surface area contributed by atoms with Gasteiger partial charge in [-0.3, -0.25) is 0 Å². The SMILES string of the molecule is [B]B([B])B([B])B(B([B])[B])C1B(C)C1N1C=CN(C)[C@@H]1C. The summed E-state index contributed by atoms with van der Waals surface area (Å²) < 4.78 is 0. The maximum Gasteiger partial charge on any atom is 0.158 e. The molecule has 1 fully saturated rings. The van der Waals surface area contributed by atoms with Crippen molar-refractivity contribution in [1.82, 2.24) is 9.80 Å². The Kier molecular flexibility index (Phi) is 4.91. The zero-order valence-corrected chi connectivity index (χ0v) is 12.6. The fourth-order valence-corrected chi connectivity index (χ4v) is 3.54. The summed E-state index contributed by atoms with van der Waals surface area (Å²) in [6, 6.07) is 0. The van der Waals surface area contributed by atoms with E-state index in [0.717, 1.165) is 0 Å². The number of rotatable bonds is 5. The molecule has 2 heterocycles. The minimum atomic E-state index is -0.600. The quantitative estimate of drug-likeness (QED) is 0.497. The molecule has 20 heavy (non-hydrogen) atoms. The van der Waals surface area contributed by atoms with Crippen molar-refractivity contribution < 1.29 is 0 Å². The topological polar surface area (TPSA) is 6.48 Å². The zero-order chi connectivity index (χ0) is 15.2. The van der Waals surface area contributed by atoms with Crippen LogP contribution in [0.1, 0.15) is 6.92 Å². The van der Waals surface area contributed by atoms with Crippen LogP contribution < -0.4 is 0 Å². The van der Waals surface area contributed by atoms with Crippen LogP contribution in [0.4, 0.5) is 0 Å². The van der Waals surface area contributed by atoms with Gasteiger partial charge in [-0.15, -0.1) is 0 Å². The molecule has 0 amide bonds. The lowest BCUT2D eigenvalue weighted by Gasteiger charge is -2.32. The van der Waals surface area contributed by atoms with Crippen molar-refractivity contribution >= 4 is 71.0 Å². The van der Waals surface area contributed by atoms with Crippen LogP contribution in [0.3, 0.4) is 0 Å². The van der Waals surface area contributed by atoms with E-state index in [-0.39, 0.29) is 12.9 Å². The second-order valence-electron chi connectivity index (χ2n) is 6.28. The molecule has 0 aromatic carbocycles. The van der Waals surface area contributed by atoms with Gasteiger partial charge in [0, 0.05) is 83.8 Å². The van der Waals surface area contributed by atoms with Gasteiger partial charge in [0.2, 0.25) is 0 Å². The molecular formula is C8H14B10N2. The molecule has 2 rings (SSSR count). The minimum Gasteiger partial charge on any atom is -0.362 e. The lowest BCUT2D eigenvalue weighted by atomic mass is 8.62. The van der Waals surface area contributed by atoms with Gasteiger partial charge in [0.25, 0.3) is 0 Å². The van der Waals surface area contributed by atoms with Crippen LogP contribution in [-0.2, 0) is 0 Å². The van der Waals surface area contributed by atoms with Gasteiger partial charge in [0.05, 0.1) is 6.17 Å². The molecule has 0 spiro atoms. The van der Waals surface area contributed by atoms with Crippen LogP contribution >= 0.6 is 0 Å². The van der Waals surface area contributed by atoms with E-state index in [1.54, 1.807) is 0 Å². The van der Waals surface area contributed by atoms with E-state index in [1.807, 2.05) is 0 Å². The van der Waals surface area contributed by atoms with Crippen LogP contribution in [0.5, 0.6) is 0 Å². The van der Waals surface area contributed by atoms with Gasteiger partial charge in [-0.05, 0) is 12.9 Å². The lowest BCUT2D eigenvalue weighted by Crippen LogP contribution is -2.60. The van der Waals surface area contributed by atoms with Crippen LogP contribution in [0.2, 0.25) is 12.5 Å². The average molecular weight is 246 g/mol. The Labute approximate surface area is 132 Å². The predicted molar refractivity (Wildman–Crippen MR) is 99.1 cm³/mol. The maximum absolute atomic E-state index is 6.13. The largest absolute Gasteiger partial charge is 0.362 e. The van der Waals surface area contributed by atoms with E-state index >= 15 is 0 Å². The summed E-state index contributed by atoms with van der Waals surface area (Å²) in [4.78, 5) is 4.52. The lowest BCUT2D eigenvalue weighted by molar-refractivity contribution is 0.196. The van der Waals surface area contributed by atoms with Gasteiger partial charge in [-0.25, -0.2) is 0 Å². The molecule has 0 aromatic heterocycles. The highest BCUT2D eigenvalue weighted by Gasteiger charge is 2.59. The van der Waals surface area contributed by atoms with Gasteiger partial charge in [0.15, 0.2) is 6.71 Å². The third kappa shape index (κ3) is 2.81. The fourth-order valence-electron chi connectivity index (χ4n) is 3.54. The Morgan fingerprint density at radius 2 is 1.65 bits per heavy atom. The van der Waals surface area contributed by atoms with Crippen LogP contribution in [0.15, 0.2) is 12.4 Å². The average Bonchev–Trinajstić information content (AvgIpc) is 2.87. The minimum absolute atomic E-state index is 0.0680. The highest BCUT2D eigenvalue weighted by molar-refractivity contribution is 7.92. The molecule has 0 saturated carbocycles. The summed E-state index contributed by atoms with van der Waals surface area (Å²) in [5.74, 6) is 0.399. The van der Waals surface area contributed by atoms with Crippen molar-refractivity contribution in [2.45, 2.75) is 31.6 Å². The third-order valence-electron chi connectivity index (χ3n) is 5.02. The first-order valence-electron chi connectivity index (χ1n) is 7.23. The summed E-state index contributed by atoms with van der Waals surface area (Å²) in [5, 5.41) is 0. The summed E-state index contributed by atoms with van der Waals surface area (Å²) >= 11 is 0. The summed E-state index contributed by atoms with van der Waals surface area (Å²) in [7, 11) is 31.6. The Morgan fingerprint density at radius 1 is 1.05 bits per heavy atom. The van der Waals surface area contributed by atoms with E-state index in [4.69, 9.17) is 38.7 Å². The Hall–Kier alpha value is -0.0106. The van der Waals surface area contributed by atoms with Gasteiger partial charge >= 0.3 is 0 Å². The van der Waals surface area contributed by atoms with Gasteiger partial charge in [-0.2, -0.15) is 0 Å². The summed E-state index contributed by atoms with van der Waals surface area (Å²) in [6.07, 6.45) is 3.06. The van der Waals surface area contributed by atoms with Crippen molar-refractivity contribution in [3.8, 4) is 0 Å². The molecule has 1 saturated heterocycles. The van der Waals surface area contributed by atoms with E-state index in [0.29, 0.717) is 24.5 Å². The summed E-state index contributed by atoms with van der Waals surface area (Å²) in [5.41, 5.74) is 0.332. The maximum atomic E-state index is 6.13. The fraction of sp³-hybridized carbons (Fsp3) is 0.750. The second kappa shape index (κ2) is 6.01. The molecule has 0 aliphatic carbocycles. The van der Waals surface area contributed by atoms with E-state index in [9.17, 15) is 0 Å². The van der Waals surface area contributed by atoms with Crippen LogP contribution in [0.25, 0.3) is 0 Å². The van der Waals surface area contributed by atoms with E-state index < -0.39 is 12.8 Å². The molecule has 2 aliphatic rings. The molecule has 86 valence electrons. The number of hydrogen-bond acceptors (Lipinski definition) is 2. The van der Waals surface area contributed by atoms with Crippen molar-refractivity contribution in [1.29, 1.82) is 0 Å². The molecule has 2 unspecified atom stereocenters.